The Labute approximate surface area is 147 Å². The van der Waals surface area contributed by atoms with E-state index < -0.39 is 0 Å². The molecule has 2 aliphatic rings. The average Bonchev–Trinajstić information content (AvgIpc) is 3.27. The Kier molecular flexibility index (Phi) is 9.46. The zero-order valence-electron chi connectivity index (χ0n) is 15.6. The van der Waals surface area contributed by atoms with Gasteiger partial charge in [0.15, 0.2) is 5.96 Å². The third-order valence-electron chi connectivity index (χ3n) is 4.75. The third-order valence-corrected chi connectivity index (χ3v) is 4.75. The van der Waals surface area contributed by atoms with Gasteiger partial charge in [-0.2, -0.15) is 0 Å². The van der Waals surface area contributed by atoms with Crippen molar-refractivity contribution in [2.24, 2.45) is 10.9 Å². The maximum absolute atomic E-state index is 5.69. The maximum atomic E-state index is 5.69. The van der Waals surface area contributed by atoms with Crippen molar-refractivity contribution in [2.45, 2.75) is 45.6 Å². The summed E-state index contributed by atoms with van der Waals surface area (Å²) in [6.45, 7) is 13.0. The van der Waals surface area contributed by atoms with Crippen molar-refractivity contribution in [3.05, 3.63) is 0 Å². The summed E-state index contributed by atoms with van der Waals surface area (Å²) in [5, 5.41) is 6.74. The van der Waals surface area contributed by atoms with Crippen LogP contribution in [0.2, 0.25) is 0 Å². The van der Waals surface area contributed by atoms with Crippen molar-refractivity contribution in [2.75, 3.05) is 59.1 Å². The summed E-state index contributed by atoms with van der Waals surface area (Å²) < 4.78 is 11.2. The first-order valence-electron chi connectivity index (χ1n) is 9.75. The summed E-state index contributed by atoms with van der Waals surface area (Å²) in [5.74, 6) is 1.64. The molecule has 0 amide bonds. The second-order valence-electron chi connectivity index (χ2n) is 6.76. The van der Waals surface area contributed by atoms with Crippen LogP contribution in [0.25, 0.3) is 0 Å². The smallest absolute Gasteiger partial charge is 0.191 e. The van der Waals surface area contributed by atoms with Gasteiger partial charge in [0.2, 0.25) is 0 Å². The molecule has 2 aliphatic heterocycles. The van der Waals surface area contributed by atoms with Crippen LogP contribution in [-0.4, -0.2) is 76.1 Å². The second-order valence-corrected chi connectivity index (χ2v) is 6.76. The highest BCUT2D eigenvalue weighted by Crippen LogP contribution is 2.15. The Balaban J connectivity index is 1.55. The van der Waals surface area contributed by atoms with Crippen molar-refractivity contribution < 1.29 is 9.47 Å². The number of nitrogens with zero attached hydrogens (tertiary/aromatic N) is 2. The standard InChI is InChI=1S/C18H36N4O2/c1-3-19-18(21-13-16-8-10-22(4-2)14-16)20-9-6-11-23-15-17-7-5-12-24-17/h16-17H,3-15H2,1-2H3,(H2,19,20,21). The number of aliphatic imine (C=N–C) groups is 1. The van der Waals surface area contributed by atoms with E-state index in [2.05, 4.69) is 29.4 Å². The van der Waals surface area contributed by atoms with Crippen LogP contribution in [0.15, 0.2) is 4.99 Å². The molecule has 2 heterocycles. The third kappa shape index (κ3) is 7.36. The lowest BCUT2D eigenvalue weighted by atomic mass is 10.1. The van der Waals surface area contributed by atoms with Crippen LogP contribution in [0.1, 0.15) is 39.5 Å². The molecular formula is C18H36N4O2. The van der Waals surface area contributed by atoms with Crippen molar-refractivity contribution in [1.82, 2.24) is 15.5 Å². The van der Waals surface area contributed by atoms with Gasteiger partial charge < -0.3 is 25.0 Å². The number of likely N-dealkylation sites (tertiary alicyclic amines) is 1. The molecule has 0 spiro atoms. The Morgan fingerprint density at radius 1 is 1.29 bits per heavy atom. The van der Waals surface area contributed by atoms with E-state index in [-0.39, 0.29) is 0 Å². The minimum atomic E-state index is 0.325. The van der Waals surface area contributed by atoms with E-state index in [0.717, 1.165) is 64.8 Å². The summed E-state index contributed by atoms with van der Waals surface area (Å²) in [6, 6.07) is 0. The number of hydrogen-bond acceptors (Lipinski definition) is 4. The fourth-order valence-corrected chi connectivity index (χ4v) is 3.28. The molecule has 6 heteroatoms. The molecule has 2 saturated heterocycles. The van der Waals surface area contributed by atoms with E-state index in [4.69, 9.17) is 14.5 Å². The fraction of sp³-hybridized carbons (Fsp3) is 0.944. The van der Waals surface area contributed by atoms with Crippen LogP contribution in [-0.2, 0) is 9.47 Å². The van der Waals surface area contributed by atoms with E-state index in [9.17, 15) is 0 Å². The number of nitrogens with one attached hydrogen (secondary N) is 2. The highest BCUT2D eigenvalue weighted by molar-refractivity contribution is 5.79. The summed E-state index contributed by atoms with van der Waals surface area (Å²) in [6.07, 6.45) is 4.91. The molecule has 0 aromatic heterocycles. The molecule has 0 aromatic carbocycles. The minimum Gasteiger partial charge on any atom is -0.379 e. The summed E-state index contributed by atoms with van der Waals surface area (Å²) in [5.41, 5.74) is 0. The summed E-state index contributed by atoms with van der Waals surface area (Å²) in [7, 11) is 0. The Morgan fingerprint density at radius 3 is 2.92 bits per heavy atom. The van der Waals surface area contributed by atoms with Crippen LogP contribution < -0.4 is 10.6 Å². The van der Waals surface area contributed by atoms with Crippen LogP contribution >= 0.6 is 0 Å². The first-order chi connectivity index (χ1) is 11.8. The van der Waals surface area contributed by atoms with Crippen molar-refractivity contribution in [3.8, 4) is 0 Å². The van der Waals surface area contributed by atoms with Gasteiger partial charge in [-0.05, 0) is 51.6 Å². The Bertz CT molecular complexity index is 359. The van der Waals surface area contributed by atoms with Gasteiger partial charge in [-0.3, -0.25) is 4.99 Å². The van der Waals surface area contributed by atoms with Gasteiger partial charge in [0.25, 0.3) is 0 Å². The van der Waals surface area contributed by atoms with Crippen molar-refractivity contribution in [1.29, 1.82) is 0 Å². The number of guanidine groups is 1. The second kappa shape index (κ2) is 11.7. The largest absolute Gasteiger partial charge is 0.379 e. The molecule has 2 N–H and O–H groups in total. The van der Waals surface area contributed by atoms with Gasteiger partial charge in [0.05, 0.1) is 12.7 Å². The monoisotopic (exact) mass is 340 g/mol. The van der Waals surface area contributed by atoms with Gasteiger partial charge in [0, 0.05) is 39.4 Å². The zero-order chi connectivity index (χ0) is 17.0. The van der Waals surface area contributed by atoms with E-state index in [1.165, 1.54) is 25.9 Å². The molecule has 0 radical (unpaired) electrons. The molecule has 0 aromatic rings. The first kappa shape index (κ1) is 19.5. The number of hydrogen-bond donors (Lipinski definition) is 2. The summed E-state index contributed by atoms with van der Waals surface area (Å²) >= 11 is 0. The summed E-state index contributed by atoms with van der Waals surface area (Å²) in [4.78, 5) is 7.26. The fourth-order valence-electron chi connectivity index (χ4n) is 3.28. The molecule has 2 unspecified atom stereocenters. The lowest BCUT2D eigenvalue weighted by Crippen LogP contribution is -2.38. The van der Waals surface area contributed by atoms with Gasteiger partial charge in [-0.15, -0.1) is 0 Å². The van der Waals surface area contributed by atoms with Crippen LogP contribution in [0.4, 0.5) is 0 Å². The SMILES string of the molecule is CCNC(=NCC1CCN(CC)C1)NCCCOCC1CCCO1. The molecule has 2 rings (SSSR count). The number of ether oxygens (including phenoxy) is 2. The maximum Gasteiger partial charge on any atom is 0.191 e. The zero-order valence-corrected chi connectivity index (χ0v) is 15.6. The molecule has 140 valence electrons. The van der Waals surface area contributed by atoms with Gasteiger partial charge in [-0.1, -0.05) is 6.92 Å². The molecule has 24 heavy (non-hydrogen) atoms. The Hall–Kier alpha value is -0.850. The molecule has 0 saturated carbocycles. The topological polar surface area (TPSA) is 58.1 Å². The highest BCUT2D eigenvalue weighted by Gasteiger charge is 2.20. The predicted molar refractivity (Wildman–Crippen MR) is 98.6 cm³/mol. The molecule has 0 bridgehead atoms. The van der Waals surface area contributed by atoms with E-state index in [1.54, 1.807) is 0 Å². The lowest BCUT2D eigenvalue weighted by Gasteiger charge is -2.14. The normalized spacial score (nSPS) is 25.3. The van der Waals surface area contributed by atoms with E-state index in [0.29, 0.717) is 12.0 Å². The molecule has 6 nitrogen and oxygen atoms in total. The molecule has 2 fully saturated rings. The first-order valence-corrected chi connectivity index (χ1v) is 9.75. The Morgan fingerprint density at radius 2 is 2.21 bits per heavy atom. The van der Waals surface area contributed by atoms with Gasteiger partial charge in [-0.25, -0.2) is 0 Å². The predicted octanol–water partition coefficient (Wildman–Crippen LogP) is 1.47. The molecule has 2 atom stereocenters. The van der Waals surface area contributed by atoms with Crippen LogP contribution in [0.3, 0.4) is 0 Å². The van der Waals surface area contributed by atoms with Gasteiger partial charge in [0.1, 0.15) is 0 Å². The quantitative estimate of drug-likeness (QED) is 0.358. The number of rotatable bonds is 10. The minimum absolute atomic E-state index is 0.325. The van der Waals surface area contributed by atoms with Gasteiger partial charge >= 0.3 is 0 Å². The van der Waals surface area contributed by atoms with E-state index in [1.807, 2.05) is 0 Å². The van der Waals surface area contributed by atoms with Crippen LogP contribution in [0, 0.1) is 5.92 Å². The van der Waals surface area contributed by atoms with Crippen molar-refractivity contribution >= 4 is 5.96 Å². The van der Waals surface area contributed by atoms with Crippen LogP contribution in [0.5, 0.6) is 0 Å². The highest BCUT2D eigenvalue weighted by atomic mass is 16.5. The molecule has 0 aliphatic carbocycles. The van der Waals surface area contributed by atoms with Crippen molar-refractivity contribution in [3.63, 3.8) is 0 Å². The molecular weight excluding hydrogens is 304 g/mol. The van der Waals surface area contributed by atoms with E-state index >= 15 is 0 Å². The lowest BCUT2D eigenvalue weighted by molar-refractivity contribution is 0.0168. The average molecular weight is 341 g/mol.